The summed E-state index contributed by atoms with van der Waals surface area (Å²) in [6.07, 6.45) is 2.95. The van der Waals surface area contributed by atoms with Crippen LogP contribution in [0.3, 0.4) is 0 Å². The van der Waals surface area contributed by atoms with Crippen LogP contribution in [0.2, 0.25) is 0 Å². The number of hydrogen-bond donors (Lipinski definition) is 2. The third-order valence-corrected chi connectivity index (χ3v) is 6.68. The predicted molar refractivity (Wildman–Crippen MR) is 134 cm³/mol. The molecule has 1 fully saturated rings. The molecule has 1 aliphatic rings. The molecule has 0 amide bonds. The minimum absolute atomic E-state index is 0.158. The van der Waals surface area contributed by atoms with Gasteiger partial charge in [0.25, 0.3) is 0 Å². The quantitative estimate of drug-likeness (QED) is 0.224. The third kappa shape index (κ3) is 6.95. The number of hydrogen-bond acceptors (Lipinski definition) is 6. The summed E-state index contributed by atoms with van der Waals surface area (Å²) in [5.74, 6) is 4.66. The average Bonchev–Trinajstić information content (AvgIpc) is 3.41. The summed E-state index contributed by atoms with van der Waals surface area (Å²) in [6, 6.07) is 14.9. The zero-order chi connectivity index (χ0) is 25.3. The number of carbonyl (C=O) groups is 3. The molecule has 0 aliphatic carbocycles. The van der Waals surface area contributed by atoms with Crippen LogP contribution >= 0.6 is 0 Å². The van der Waals surface area contributed by atoms with Crippen LogP contribution in [0.1, 0.15) is 60.2 Å². The monoisotopic (exact) mass is 475 g/mol. The van der Waals surface area contributed by atoms with Gasteiger partial charge in [0.05, 0.1) is 11.5 Å². The van der Waals surface area contributed by atoms with Crippen molar-refractivity contribution in [3.05, 3.63) is 70.8 Å². The molecule has 1 saturated heterocycles. The van der Waals surface area contributed by atoms with Crippen LogP contribution < -0.4 is 5.32 Å². The molecule has 3 atom stereocenters. The van der Waals surface area contributed by atoms with Crippen LogP contribution in [0.5, 0.6) is 0 Å². The molecule has 0 aromatic heterocycles. The van der Waals surface area contributed by atoms with Crippen molar-refractivity contribution in [3.63, 3.8) is 0 Å². The smallest absolute Gasteiger partial charge is 0.167 e. The van der Waals surface area contributed by atoms with Gasteiger partial charge >= 0.3 is 0 Å². The van der Waals surface area contributed by atoms with Crippen LogP contribution in [-0.4, -0.2) is 48.8 Å². The molecule has 0 saturated carbocycles. The molecule has 2 aromatic carbocycles. The van der Waals surface area contributed by atoms with Crippen molar-refractivity contribution in [3.8, 4) is 11.8 Å². The molecule has 6 heteroatoms. The Morgan fingerprint density at radius 2 is 1.77 bits per heavy atom. The molecule has 35 heavy (non-hydrogen) atoms. The summed E-state index contributed by atoms with van der Waals surface area (Å²) in [6.45, 7) is 5.19. The number of aliphatic hydroxyl groups is 1. The summed E-state index contributed by atoms with van der Waals surface area (Å²) in [7, 11) is 0. The van der Waals surface area contributed by atoms with Gasteiger partial charge in [-0.2, -0.15) is 0 Å². The maximum Gasteiger partial charge on any atom is 0.167 e. The van der Waals surface area contributed by atoms with Gasteiger partial charge in [-0.05, 0) is 49.6 Å². The average molecular weight is 476 g/mol. The summed E-state index contributed by atoms with van der Waals surface area (Å²) in [5, 5.41) is 12.5. The number of carbonyl (C=O) groups excluding carboxylic acids is 3. The largest absolute Gasteiger partial charge is 0.396 e. The molecular weight excluding hydrogens is 442 g/mol. The van der Waals surface area contributed by atoms with Crippen molar-refractivity contribution in [1.82, 2.24) is 5.32 Å². The van der Waals surface area contributed by atoms with E-state index in [1.165, 1.54) is 12.5 Å². The number of ketones is 2. The molecule has 0 spiro atoms. The zero-order valence-electron chi connectivity index (χ0n) is 20.4. The fraction of sp³-hybridized carbons (Fsp3) is 0.414. The number of aldehydes is 1. The highest BCUT2D eigenvalue weighted by Gasteiger charge is 2.41. The van der Waals surface area contributed by atoms with Crippen LogP contribution in [0.15, 0.2) is 48.5 Å². The lowest BCUT2D eigenvalue weighted by Crippen LogP contribution is -2.40. The Bertz CT molecular complexity index is 1070. The van der Waals surface area contributed by atoms with Gasteiger partial charge in [-0.3, -0.25) is 9.59 Å². The number of ether oxygens (including phenoxy) is 1. The lowest BCUT2D eigenvalue weighted by molar-refractivity contribution is -0.136. The maximum atomic E-state index is 12.9. The number of rotatable bonds is 11. The lowest BCUT2D eigenvalue weighted by Gasteiger charge is -2.27. The summed E-state index contributed by atoms with van der Waals surface area (Å²) in [5.41, 5.74) is 1.78. The van der Waals surface area contributed by atoms with E-state index < -0.39 is 17.1 Å². The Hall–Kier alpha value is -3.11. The van der Waals surface area contributed by atoms with E-state index in [1.807, 2.05) is 12.1 Å². The number of nitrogens with one attached hydrogen (secondary N) is 1. The highest BCUT2D eigenvalue weighted by Crippen LogP contribution is 2.30. The molecule has 2 aromatic rings. The van der Waals surface area contributed by atoms with E-state index >= 15 is 0 Å². The SMILES string of the molecule is CC(C(=O)c1ccc(C#Cc2ccc(CNCC3CCCO3)cc2)cc1)[C@@](C)(C=O)C(=O)CCO. The molecule has 2 unspecified atom stereocenters. The van der Waals surface area contributed by atoms with Crippen LogP contribution in [-0.2, 0) is 20.9 Å². The first-order valence-corrected chi connectivity index (χ1v) is 12.1. The van der Waals surface area contributed by atoms with Gasteiger partial charge in [0, 0.05) is 55.3 Å². The third-order valence-electron chi connectivity index (χ3n) is 6.68. The van der Waals surface area contributed by atoms with E-state index in [-0.39, 0.29) is 18.8 Å². The summed E-state index contributed by atoms with van der Waals surface area (Å²) in [4.78, 5) is 36.9. The van der Waals surface area contributed by atoms with Crippen molar-refractivity contribution in [2.75, 3.05) is 19.8 Å². The van der Waals surface area contributed by atoms with Gasteiger partial charge < -0.3 is 20.0 Å². The molecule has 0 radical (unpaired) electrons. The minimum atomic E-state index is -1.47. The Kier molecular flexibility index (Phi) is 9.50. The van der Waals surface area contributed by atoms with Crippen molar-refractivity contribution >= 4 is 17.9 Å². The van der Waals surface area contributed by atoms with Crippen molar-refractivity contribution in [2.45, 2.75) is 45.8 Å². The second-order valence-corrected chi connectivity index (χ2v) is 9.17. The van der Waals surface area contributed by atoms with Crippen molar-refractivity contribution in [1.29, 1.82) is 0 Å². The normalized spacial score (nSPS) is 17.6. The van der Waals surface area contributed by atoms with Crippen molar-refractivity contribution < 1.29 is 24.2 Å². The number of Topliss-reactive ketones (excluding diaryl/α,β-unsaturated/α-hetero) is 2. The first kappa shape index (κ1) is 26.5. The van der Waals surface area contributed by atoms with Gasteiger partial charge in [-0.1, -0.05) is 43.0 Å². The van der Waals surface area contributed by atoms with Gasteiger partial charge in [-0.25, -0.2) is 0 Å². The molecule has 184 valence electrons. The Balaban J connectivity index is 1.58. The standard InChI is InChI=1S/C29H33NO5/c1-21(29(2,20-32)27(33)15-16-31)28(34)25-13-11-23(12-14-25)6-5-22-7-9-24(10-8-22)18-30-19-26-4-3-17-35-26/h7-14,20-21,26,30-31H,3-4,15-19H2,1-2H3/t21?,26?,29-/m1/s1. The first-order valence-electron chi connectivity index (χ1n) is 12.1. The van der Waals surface area contributed by atoms with E-state index in [4.69, 9.17) is 9.84 Å². The molecule has 1 aliphatic heterocycles. The molecule has 3 rings (SSSR count). The van der Waals surface area contributed by atoms with Gasteiger partial charge in [-0.15, -0.1) is 0 Å². The molecule has 1 heterocycles. The molecule has 6 nitrogen and oxygen atoms in total. The van der Waals surface area contributed by atoms with E-state index in [0.717, 1.165) is 43.7 Å². The van der Waals surface area contributed by atoms with E-state index in [1.54, 1.807) is 31.2 Å². The number of aliphatic hydroxyl groups excluding tert-OH is 1. The zero-order valence-corrected chi connectivity index (χ0v) is 20.4. The number of benzene rings is 2. The lowest BCUT2D eigenvalue weighted by atomic mass is 9.72. The van der Waals surface area contributed by atoms with Crippen LogP contribution in [0.25, 0.3) is 0 Å². The molecular formula is C29H33NO5. The fourth-order valence-electron chi connectivity index (χ4n) is 4.05. The Morgan fingerprint density at radius 1 is 1.14 bits per heavy atom. The topological polar surface area (TPSA) is 92.7 Å². The van der Waals surface area contributed by atoms with E-state index in [0.29, 0.717) is 18.0 Å². The minimum Gasteiger partial charge on any atom is -0.396 e. The first-order chi connectivity index (χ1) is 16.9. The summed E-state index contributed by atoms with van der Waals surface area (Å²) < 4.78 is 5.62. The Morgan fingerprint density at radius 3 is 2.31 bits per heavy atom. The van der Waals surface area contributed by atoms with E-state index in [2.05, 4.69) is 29.3 Å². The second-order valence-electron chi connectivity index (χ2n) is 9.17. The van der Waals surface area contributed by atoms with E-state index in [9.17, 15) is 14.4 Å². The van der Waals surface area contributed by atoms with Gasteiger partial charge in [0.1, 0.15) is 12.1 Å². The Labute approximate surface area is 207 Å². The highest BCUT2D eigenvalue weighted by atomic mass is 16.5. The summed E-state index contributed by atoms with van der Waals surface area (Å²) >= 11 is 0. The van der Waals surface area contributed by atoms with Gasteiger partial charge in [0.15, 0.2) is 5.78 Å². The van der Waals surface area contributed by atoms with Crippen LogP contribution in [0, 0.1) is 23.2 Å². The fourth-order valence-corrected chi connectivity index (χ4v) is 4.05. The maximum absolute atomic E-state index is 12.9. The van der Waals surface area contributed by atoms with Gasteiger partial charge in [0.2, 0.25) is 0 Å². The highest BCUT2D eigenvalue weighted by molar-refractivity contribution is 6.07. The van der Waals surface area contributed by atoms with Crippen molar-refractivity contribution in [2.24, 2.45) is 11.3 Å². The molecule has 0 bridgehead atoms. The second kappa shape index (κ2) is 12.6. The predicted octanol–water partition coefficient (Wildman–Crippen LogP) is 3.33. The van der Waals surface area contributed by atoms with Crippen LogP contribution in [0.4, 0.5) is 0 Å². The molecule has 2 N–H and O–H groups in total.